The number of fused-ring (bicyclic) bond motifs is 1. The highest BCUT2D eigenvalue weighted by Crippen LogP contribution is 2.27. The van der Waals surface area contributed by atoms with Crippen LogP contribution in [0.4, 0.5) is 4.79 Å². The highest BCUT2D eigenvalue weighted by atomic mass is 35.5. The molecule has 3 rings (SSSR count). The van der Waals surface area contributed by atoms with E-state index in [9.17, 15) is 4.79 Å². The summed E-state index contributed by atoms with van der Waals surface area (Å²) in [5, 5.41) is 4.22. The topological polar surface area (TPSA) is 44.5 Å². The van der Waals surface area contributed by atoms with E-state index >= 15 is 0 Å². The molecule has 0 radical (unpaired) electrons. The number of aliphatic imine (C=N–C) groups is 1. The van der Waals surface area contributed by atoms with Gasteiger partial charge >= 0.3 is 6.03 Å². The van der Waals surface area contributed by atoms with E-state index in [1.165, 1.54) is 17.3 Å². The van der Waals surface area contributed by atoms with Crippen LogP contribution in [0.15, 0.2) is 23.2 Å². The van der Waals surface area contributed by atoms with Crippen LogP contribution in [0.2, 0.25) is 5.02 Å². The van der Waals surface area contributed by atoms with Gasteiger partial charge in [-0.25, -0.2) is 0 Å². The third kappa shape index (κ3) is 3.34. The molecule has 0 spiro atoms. The number of rotatable bonds is 4. The summed E-state index contributed by atoms with van der Waals surface area (Å²) < 4.78 is 1.61. The van der Waals surface area contributed by atoms with E-state index in [0.29, 0.717) is 6.54 Å². The molecule has 114 valence electrons. The molecule has 2 aliphatic rings. The molecule has 2 amide bonds. The van der Waals surface area contributed by atoms with E-state index in [1.807, 2.05) is 6.07 Å². The van der Waals surface area contributed by atoms with Gasteiger partial charge in [0.1, 0.15) is 6.21 Å². The molecule has 5 heteroatoms. The number of nitrogens with one attached hydrogen (secondary N) is 1. The molecular formula is C17H19ClN3O+. The van der Waals surface area contributed by atoms with Crippen LogP contribution in [-0.4, -0.2) is 42.7 Å². The van der Waals surface area contributed by atoms with E-state index < -0.39 is 0 Å². The molecule has 0 unspecified atom stereocenters. The van der Waals surface area contributed by atoms with E-state index in [1.54, 1.807) is 10.8 Å². The second kappa shape index (κ2) is 6.99. The Hall–Kier alpha value is -1.78. The van der Waals surface area contributed by atoms with Crippen molar-refractivity contribution in [2.45, 2.75) is 19.3 Å². The summed E-state index contributed by atoms with van der Waals surface area (Å²) in [5.41, 5.74) is 3.85. The van der Waals surface area contributed by atoms with E-state index in [2.05, 4.69) is 28.5 Å². The number of hydrogen-bond acceptors (Lipinski definition) is 2. The van der Waals surface area contributed by atoms with Gasteiger partial charge in [0.25, 0.3) is 0 Å². The van der Waals surface area contributed by atoms with Gasteiger partial charge in [0.2, 0.25) is 0 Å². The van der Waals surface area contributed by atoms with E-state index in [4.69, 9.17) is 11.6 Å². The zero-order valence-corrected chi connectivity index (χ0v) is 13.1. The van der Waals surface area contributed by atoms with Gasteiger partial charge in [-0.1, -0.05) is 29.8 Å². The SMILES string of the molecule is O=C1N=CC=[N+]1CC/C=C\c1c(Cl)ccc2c1CCNCC2. The molecule has 0 aliphatic carbocycles. The Labute approximate surface area is 135 Å². The number of carbonyl (C=O) groups is 1. The molecule has 0 fully saturated rings. The second-order valence-corrected chi connectivity index (χ2v) is 5.85. The first kappa shape index (κ1) is 15.1. The number of benzene rings is 1. The smallest absolute Gasteiger partial charge is 0.316 e. The molecule has 1 aromatic rings. The Morgan fingerprint density at radius 1 is 1.32 bits per heavy atom. The number of nitrogens with zero attached hydrogens (tertiary/aromatic N) is 2. The minimum Gasteiger partial charge on any atom is -0.316 e. The lowest BCUT2D eigenvalue weighted by molar-refractivity contribution is -0.415. The van der Waals surface area contributed by atoms with Crippen LogP contribution >= 0.6 is 11.6 Å². The van der Waals surface area contributed by atoms with Crippen LogP contribution < -0.4 is 5.32 Å². The summed E-state index contributed by atoms with van der Waals surface area (Å²) in [6.45, 7) is 2.65. The van der Waals surface area contributed by atoms with Crippen LogP contribution in [0.3, 0.4) is 0 Å². The predicted octanol–water partition coefficient (Wildman–Crippen LogP) is 2.72. The van der Waals surface area contributed by atoms with Gasteiger partial charge in [-0.05, 0) is 53.7 Å². The lowest BCUT2D eigenvalue weighted by Gasteiger charge is -2.11. The molecule has 0 bridgehead atoms. The van der Waals surface area contributed by atoms with Gasteiger partial charge < -0.3 is 5.32 Å². The molecule has 0 atom stereocenters. The van der Waals surface area contributed by atoms with Crippen molar-refractivity contribution < 1.29 is 9.37 Å². The Kier molecular flexibility index (Phi) is 4.80. The molecule has 0 saturated carbocycles. The maximum atomic E-state index is 11.4. The summed E-state index contributed by atoms with van der Waals surface area (Å²) in [7, 11) is 0. The molecule has 1 aromatic carbocycles. The minimum absolute atomic E-state index is 0.189. The highest BCUT2D eigenvalue weighted by Gasteiger charge is 2.18. The number of halogens is 1. The normalized spacial score (nSPS) is 17.7. The first-order chi connectivity index (χ1) is 10.8. The van der Waals surface area contributed by atoms with Gasteiger partial charge in [0, 0.05) is 11.4 Å². The molecule has 0 aromatic heterocycles. The number of amides is 2. The average Bonchev–Trinajstić information content (AvgIpc) is 2.78. The summed E-state index contributed by atoms with van der Waals surface area (Å²) in [6.07, 6.45) is 10.2. The van der Waals surface area contributed by atoms with Crippen LogP contribution in [0.25, 0.3) is 6.08 Å². The zero-order valence-electron chi connectivity index (χ0n) is 12.4. The summed E-state index contributed by atoms with van der Waals surface area (Å²) in [5.74, 6) is 0. The maximum Gasteiger partial charge on any atom is 0.539 e. The molecule has 4 nitrogen and oxygen atoms in total. The van der Waals surface area contributed by atoms with Crippen molar-refractivity contribution in [2.75, 3.05) is 19.6 Å². The fourth-order valence-electron chi connectivity index (χ4n) is 2.85. The van der Waals surface area contributed by atoms with Crippen LogP contribution in [0.1, 0.15) is 23.1 Å². The maximum absolute atomic E-state index is 11.4. The second-order valence-electron chi connectivity index (χ2n) is 5.44. The van der Waals surface area contributed by atoms with Gasteiger partial charge in [0.15, 0.2) is 6.21 Å². The third-order valence-corrected chi connectivity index (χ3v) is 4.35. The largest absolute Gasteiger partial charge is 0.539 e. The number of urea groups is 1. The van der Waals surface area contributed by atoms with Crippen molar-refractivity contribution in [3.05, 3.63) is 39.9 Å². The van der Waals surface area contributed by atoms with E-state index in [0.717, 1.165) is 42.9 Å². The fourth-order valence-corrected chi connectivity index (χ4v) is 3.09. The molecule has 2 heterocycles. The standard InChI is InChI=1S/C17H19ClN3O/c18-16-5-4-13-6-8-19-9-7-14(13)15(16)3-1-2-11-21-12-10-20-17(21)22/h1,3-5,10,12,19H,2,6-9,11H2/q+1/b3-1-. The van der Waals surface area contributed by atoms with Crippen molar-refractivity contribution in [1.29, 1.82) is 0 Å². The van der Waals surface area contributed by atoms with Crippen molar-refractivity contribution in [2.24, 2.45) is 4.99 Å². The molecular weight excluding hydrogens is 298 g/mol. The predicted molar refractivity (Wildman–Crippen MR) is 90.5 cm³/mol. The van der Waals surface area contributed by atoms with Gasteiger partial charge in [0.05, 0.1) is 6.54 Å². The van der Waals surface area contributed by atoms with Gasteiger partial charge in [-0.3, -0.25) is 0 Å². The molecule has 2 aliphatic heterocycles. The van der Waals surface area contributed by atoms with Crippen molar-refractivity contribution in [3.8, 4) is 0 Å². The van der Waals surface area contributed by atoms with Gasteiger partial charge in [-0.15, -0.1) is 0 Å². The van der Waals surface area contributed by atoms with Crippen molar-refractivity contribution >= 4 is 36.1 Å². The number of hydrogen-bond donors (Lipinski definition) is 1. The molecule has 1 N–H and O–H groups in total. The first-order valence-corrected chi connectivity index (χ1v) is 7.99. The lowest BCUT2D eigenvalue weighted by Crippen LogP contribution is -2.16. The first-order valence-electron chi connectivity index (χ1n) is 7.61. The van der Waals surface area contributed by atoms with Crippen LogP contribution in [0.5, 0.6) is 0 Å². The quantitative estimate of drug-likeness (QED) is 0.868. The summed E-state index contributed by atoms with van der Waals surface area (Å²) in [4.78, 5) is 15.1. The Bertz CT molecular complexity index is 677. The molecule has 0 saturated heterocycles. The zero-order chi connectivity index (χ0) is 15.4. The van der Waals surface area contributed by atoms with Crippen molar-refractivity contribution in [1.82, 2.24) is 5.32 Å². The van der Waals surface area contributed by atoms with Crippen LogP contribution in [-0.2, 0) is 12.8 Å². The van der Waals surface area contributed by atoms with E-state index in [-0.39, 0.29) is 6.03 Å². The Morgan fingerprint density at radius 3 is 3.00 bits per heavy atom. The molecule has 22 heavy (non-hydrogen) atoms. The van der Waals surface area contributed by atoms with Crippen LogP contribution in [0, 0.1) is 0 Å². The average molecular weight is 317 g/mol. The minimum atomic E-state index is -0.189. The highest BCUT2D eigenvalue weighted by molar-refractivity contribution is 6.32. The summed E-state index contributed by atoms with van der Waals surface area (Å²) in [6, 6.07) is 3.93. The summed E-state index contributed by atoms with van der Waals surface area (Å²) >= 11 is 6.38. The Balaban J connectivity index is 1.71. The lowest BCUT2D eigenvalue weighted by atomic mass is 9.96. The fraction of sp³-hybridized carbons (Fsp3) is 0.353. The van der Waals surface area contributed by atoms with Gasteiger partial charge in [-0.2, -0.15) is 9.37 Å². The van der Waals surface area contributed by atoms with Crippen molar-refractivity contribution in [3.63, 3.8) is 0 Å². The number of carbonyl (C=O) groups excluding carboxylic acids is 1. The third-order valence-electron chi connectivity index (χ3n) is 4.02. The Morgan fingerprint density at radius 2 is 2.18 bits per heavy atom. The monoisotopic (exact) mass is 316 g/mol.